The highest BCUT2D eigenvalue weighted by Crippen LogP contribution is 1.95. The lowest BCUT2D eigenvalue weighted by atomic mass is 10.2. The van der Waals surface area contributed by atoms with E-state index in [2.05, 4.69) is 21.3 Å². The van der Waals surface area contributed by atoms with Crippen molar-refractivity contribution in [3.05, 3.63) is 12.2 Å². The fourth-order valence-corrected chi connectivity index (χ4v) is 0.742. The summed E-state index contributed by atoms with van der Waals surface area (Å²) in [4.78, 5) is 21.2. The first-order valence-corrected chi connectivity index (χ1v) is 4.52. The summed E-state index contributed by atoms with van der Waals surface area (Å²) in [7, 11) is 2.62. The van der Waals surface area contributed by atoms with Crippen LogP contribution in [0.15, 0.2) is 12.2 Å². The summed E-state index contributed by atoms with van der Waals surface area (Å²) in [5.41, 5.74) is 0. The van der Waals surface area contributed by atoms with E-state index < -0.39 is 5.97 Å². The quantitative estimate of drug-likeness (QED) is 0.229. The van der Waals surface area contributed by atoms with E-state index in [4.69, 9.17) is 0 Å². The molecule has 0 aromatic rings. The molecule has 0 rings (SSSR count). The first kappa shape index (κ1) is 13.2. The van der Waals surface area contributed by atoms with Crippen LogP contribution in [0.2, 0.25) is 0 Å². The highest BCUT2D eigenvalue weighted by molar-refractivity contribution is 5.88. The number of esters is 2. The van der Waals surface area contributed by atoms with Gasteiger partial charge in [0.05, 0.1) is 14.2 Å². The van der Waals surface area contributed by atoms with Crippen LogP contribution in [0.25, 0.3) is 0 Å². The molecule has 0 radical (unpaired) electrons. The second-order valence-corrected chi connectivity index (χ2v) is 2.61. The summed E-state index contributed by atoms with van der Waals surface area (Å²) in [6, 6.07) is 0. The van der Waals surface area contributed by atoms with Crippen molar-refractivity contribution in [1.82, 2.24) is 0 Å². The molecule has 0 amide bonds. The van der Waals surface area contributed by atoms with Crippen molar-refractivity contribution in [2.24, 2.45) is 0 Å². The minimum atomic E-state index is -0.528. The Morgan fingerprint density at radius 1 is 1.27 bits per heavy atom. The number of carbonyl (C=O) groups excluding carboxylic acids is 2. The van der Waals surface area contributed by atoms with Gasteiger partial charge in [0.1, 0.15) is 0 Å². The highest BCUT2D eigenvalue weighted by atomic mass is 16.5. The standard InChI is InChI=1S/C11H14O4/c1-14-10(12)8-6-4-3-5-7-9-11(13)15-2/h6,8H,3-5H2,1-2H3/b8-6+. The first-order chi connectivity index (χ1) is 7.20. The van der Waals surface area contributed by atoms with Gasteiger partial charge in [-0.05, 0) is 12.8 Å². The fraction of sp³-hybridized carbons (Fsp3) is 0.455. The normalized spacial score (nSPS) is 9.20. The predicted octanol–water partition coefficient (Wildman–Crippen LogP) is 1.06. The van der Waals surface area contributed by atoms with E-state index in [0.29, 0.717) is 6.42 Å². The Morgan fingerprint density at radius 2 is 2.00 bits per heavy atom. The molecule has 0 aromatic carbocycles. The van der Waals surface area contributed by atoms with Crippen molar-refractivity contribution in [3.63, 3.8) is 0 Å². The van der Waals surface area contributed by atoms with Crippen LogP contribution in [0.1, 0.15) is 19.3 Å². The average Bonchev–Trinajstić information content (AvgIpc) is 2.26. The van der Waals surface area contributed by atoms with Crippen molar-refractivity contribution >= 4 is 11.9 Å². The molecule has 82 valence electrons. The Balaban J connectivity index is 3.54. The smallest absolute Gasteiger partial charge is 0.384 e. The van der Waals surface area contributed by atoms with Crippen LogP contribution < -0.4 is 0 Å². The molecule has 4 heteroatoms. The van der Waals surface area contributed by atoms with Crippen LogP contribution in [0.5, 0.6) is 0 Å². The minimum absolute atomic E-state index is 0.365. The van der Waals surface area contributed by atoms with Gasteiger partial charge in [-0.3, -0.25) is 0 Å². The molecule has 0 aliphatic carbocycles. The Morgan fingerprint density at radius 3 is 2.60 bits per heavy atom. The lowest BCUT2D eigenvalue weighted by molar-refractivity contribution is -0.135. The van der Waals surface area contributed by atoms with Gasteiger partial charge in [0, 0.05) is 18.4 Å². The van der Waals surface area contributed by atoms with Crippen molar-refractivity contribution in [3.8, 4) is 11.8 Å². The Kier molecular flexibility index (Phi) is 7.79. The zero-order chi connectivity index (χ0) is 11.5. The zero-order valence-corrected chi connectivity index (χ0v) is 8.91. The second-order valence-electron chi connectivity index (χ2n) is 2.61. The molecule has 0 N–H and O–H groups in total. The van der Waals surface area contributed by atoms with Gasteiger partial charge in [0.15, 0.2) is 0 Å². The average molecular weight is 210 g/mol. The molecule has 0 spiro atoms. The molecular formula is C11H14O4. The molecule has 0 unspecified atom stereocenters. The summed E-state index contributed by atoms with van der Waals surface area (Å²) in [6.07, 6.45) is 5.20. The molecule has 0 saturated heterocycles. The number of hydrogen-bond donors (Lipinski definition) is 0. The van der Waals surface area contributed by atoms with Gasteiger partial charge in [-0.2, -0.15) is 0 Å². The summed E-state index contributed by atoms with van der Waals surface area (Å²) in [6.45, 7) is 0. The number of carbonyl (C=O) groups is 2. The number of hydrogen-bond acceptors (Lipinski definition) is 4. The van der Waals surface area contributed by atoms with Crippen molar-refractivity contribution in [2.75, 3.05) is 14.2 Å². The molecule has 0 heterocycles. The molecule has 15 heavy (non-hydrogen) atoms. The first-order valence-electron chi connectivity index (χ1n) is 4.52. The monoisotopic (exact) mass is 210 g/mol. The maximum Gasteiger partial charge on any atom is 0.384 e. The maximum absolute atomic E-state index is 10.6. The van der Waals surface area contributed by atoms with Gasteiger partial charge >= 0.3 is 11.9 Å². The van der Waals surface area contributed by atoms with E-state index in [1.165, 1.54) is 20.3 Å². The van der Waals surface area contributed by atoms with E-state index in [1.54, 1.807) is 6.08 Å². The lowest BCUT2D eigenvalue weighted by Crippen LogP contribution is -1.94. The van der Waals surface area contributed by atoms with E-state index >= 15 is 0 Å². The molecule has 4 nitrogen and oxygen atoms in total. The van der Waals surface area contributed by atoms with Gasteiger partial charge in [-0.1, -0.05) is 12.0 Å². The molecule has 0 aromatic heterocycles. The Hall–Kier alpha value is -1.76. The number of methoxy groups -OCH3 is 2. The van der Waals surface area contributed by atoms with Gasteiger partial charge in [-0.25, -0.2) is 9.59 Å². The van der Waals surface area contributed by atoms with Crippen LogP contribution in [-0.4, -0.2) is 26.2 Å². The van der Waals surface area contributed by atoms with E-state index in [9.17, 15) is 9.59 Å². The van der Waals surface area contributed by atoms with Crippen molar-refractivity contribution in [2.45, 2.75) is 19.3 Å². The largest absolute Gasteiger partial charge is 0.466 e. The Bertz CT molecular complexity index is 293. The number of allylic oxidation sites excluding steroid dienone is 1. The third-order valence-electron chi connectivity index (χ3n) is 1.50. The van der Waals surface area contributed by atoms with E-state index in [-0.39, 0.29) is 5.97 Å². The minimum Gasteiger partial charge on any atom is -0.466 e. The molecule has 0 atom stereocenters. The summed E-state index contributed by atoms with van der Waals surface area (Å²) in [5, 5.41) is 0. The number of unbranched alkanes of at least 4 members (excludes halogenated alkanes) is 2. The summed E-state index contributed by atoms with van der Waals surface area (Å²) >= 11 is 0. The summed E-state index contributed by atoms with van der Waals surface area (Å²) in [5.74, 6) is 4.09. The van der Waals surface area contributed by atoms with E-state index in [1.807, 2.05) is 0 Å². The summed E-state index contributed by atoms with van der Waals surface area (Å²) < 4.78 is 8.75. The van der Waals surface area contributed by atoms with Crippen LogP contribution in [0.3, 0.4) is 0 Å². The topological polar surface area (TPSA) is 52.6 Å². The molecule has 0 saturated carbocycles. The third-order valence-corrected chi connectivity index (χ3v) is 1.50. The predicted molar refractivity (Wildman–Crippen MR) is 54.8 cm³/mol. The van der Waals surface area contributed by atoms with E-state index in [0.717, 1.165) is 12.8 Å². The lowest BCUT2D eigenvalue weighted by Gasteiger charge is -1.90. The fourth-order valence-electron chi connectivity index (χ4n) is 0.742. The molecular weight excluding hydrogens is 196 g/mol. The molecule has 0 fully saturated rings. The third kappa shape index (κ3) is 8.57. The highest BCUT2D eigenvalue weighted by Gasteiger charge is 1.90. The second kappa shape index (κ2) is 8.82. The van der Waals surface area contributed by atoms with Gasteiger partial charge in [0.2, 0.25) is 0 Å². The van der Waals surface area contributed by atoms with Crippen LogP contribution >= 0.6 is 0 Å². The number of rotatable bonds is 4. The Labute approximate surface area is 89.2 Å². The zero-order valence-electron chi connectivity index (χ0n) is 8.91. The molecule has 0 aliphatic rings. The van der Waals surface area contributed by atoms with Crippen LogP contribution in [0, 0.1) is 11.8 Å². The van der Waals surface area contributed by atoms with Gasteiger partial charge in [-0.15, -0.1) is 0 Å². The van der Waals surface area contributed by atoms with Crippen molar-refractivity contribution in [1.29, 1.82) is 0 Å². The van der Waals surface area contributed by atoms with Gasteiger partial charge in [0.25, 0.3) is 0 Å². The number of ether oxygens (including phenoxy) is 2. The SMILES string of the molecule is COC(=O)C#CCCC/C=C/C(=O)OC. The molecule has 0 aliphatic heterocycles. The van der Waals surface area contributed by atoms with Crippen LogP contribution in [-0.2, 0) is 19.1 Å². The maximum atomic E-state index is 10.6. The van der Waals surface area contributed by atoms with Crippen LogP contribution in [0.4, 0.5) is 0 Å². The molecule has 0 bridgehead atoms. The van der Waals surface area contributed by atoms with Crippen molar-refractivity contribution < 1.29 is 19.1 Å². The van der Waals surface area contributed by atoms with Gasteiger partial charge < -0.3 is 9.47 Å².